The van der Waals surface area contributed by atoms with Crippen molar-refractivity contribution < 1.29 is 19.1 Å². The maximum atomic E-state index is 13.6. The summed E-state index contributed by atoms with van der Waals surface area (Å²) in [4.78, 5) is 22.5. The third kappa shape index (κ3) is 4.87. The molecule has 0 bridgehead atoms. The lowest BCUT2D eigenvalue weighted by molar-refractivity contribution is -0.137. The minimum absolute atomic E-state index is 0.107. The van der Waals surface area contributed by atoms with E-state index in [2.05, 4.69) is 10.6 Å². The van der Waals surface area contributed by atoms with E-state index in [0.717, 1.165) is 6.42 Å². The highest BCUT2D eigenvalue weighted by Crippen LogP contribution is 2.18. The van der Waals surface area contributed by atoms with Gasteiger partial charge in [0.2, 0.25) is 0 Å². The van der Waals surface area contributed by atoms with E-state index in [1.54, 1.807) is 19.1 Å². The number of para-hydroxylation sites is 1. The number of amides is 2. The number of rotatable bonds is 6. The number of aliphatic carboxylic acids is 1. The fourth-order valence-corrected chi connectivity index (χ4v) is 1.91. The van der Waals surface area contributed by atoms with E-state index in [1.165, 1.54) is 6.07 Å². The lowest BCUT2D eigenvalue weighted by Crippen LogP contribution is -2.39. The standard InChI is InChI=1S/C14H19FN2O3/c1-3-5-10(8-12(18)19)16-14(20)17-13-9(2)6-4-7-11(13)15/h4,6-7,10H,3,5,8H2,1-2H3,(H,18,19)(H2,16,17,20). The van der Waals surface area contributed by atoms with E-state index >= 15 is 0 Å². The average molecular weight is 282 g/mol. The molecule has 0 saturated heterocycles. The summed E-state index contributed by atoms with van der Waals surface area (Å²) in [6, 6.07) is 3.42. The van der Waals surface area contributed by atoms with Crippen molar-refractivity contribution in [2.24, 2.45) is 0 Å². The Morgan fingerprint density at radius 1 is 1.40 bits per heavy atom. The molecule has 0 aliphatic rings. The molecule has 1 aromatic rings. The minimum Gasteiger partial charge on any atom is -0.481 e. The number of hydrogen-bond donors (Lipinski definition) is 3. The average Bonchev–Trinajstić information content (AvgIpc) is 2.33. The number of carboxylic acids is 1. The molecule has 3 N–H and O–H groups in total. The van der Waals surface area contributed by atoms with Gasteiger partial charge >= 0.3 is 12.0 Å². The fourth-order valence-electron chi connectivity index (χ4n) is 1.91. The number of urea groups is 1. The zero-order valence-corrected chi connectivity index (χ0v) is 11.6. The Bertz CT molecular complexity index is 471. The fraction of sp³-hybridized carbons (Fsp3) is 0.429. The van der Waals surface area contributed by atoms with Gasteiger partial charge < -0.3 is 15.7 Å². The van der Waals surface area contributed by atoms with Crippen LogP contribution in [0.2, 0.25) is 0 Å². The van der Waals surface area contributed by atoms with Crippen molar-refractivity contribution >= 4 is 17.7 Å². The third-order valence-electron chi connectivity index (χ3n) is 2.85. The number of hydrogen-bond acceptors (Lipinski definition) is 2. The molecule has 0 aliphatic heterocycles. The molecule has 2 amide bonds. The van der Waals surface area contributed by atoms with Gasteiger partial charge in [0, 0.05) is 6.04 Å². The first-order chi connectivity index (χ1) is 9.43. The van der Waals surface area contributed by atoms with Gasteiger partial charge in [-0.3, -0.25) is 4.79 Å². The number of nitrogens with one attached hydrogen (secondary N) is 2. The van der Waals surface area contributed by atoms with E-state index in [9.17, 15) is 14.0 Å². The summed E-state index contributed by atoms with van der Waals surface area (Å²) in [6.07, 6.45) is 1.14. The molecular formula is C14H19FN2O3. The number of carbonyl (C=O) groups is 2. The molecule has 0 saturated carbocycles. The summed E-state index contributed by atoms with van der Waals surface area (Å²) in [5, 5.41) is 13.7. The monoisotopic (exact) mass is 282 g/mol. The van der Waals surface area contributed by atoms with Gasteiger partial charge in [-0.05, 0) is 25.0 Å². The SMILES string of the molecule is CCCC(CC(=O)O)NC(=O)Nc1c(C)cccc1F. The topological polar surface area (TPSA) is 78.4 Å². The Hall–Kier alpha value is -2.11. The quantitative estimate of drug-likeness (QED) is 0.750. The molecule has 0 radical (unpaired) electrons. The Kier molecular flexibility index (Phi) is 5.96. The lowest BCUT2D eigenvalue weighted by Gasteiger charge is -2.17. The van der Waals surface area contributed by atoms with Gasteiger partial charge in [-0.1, -0.05) is 25.5 Å². The number of anilines is 1. The van der Waals surface area contributed by atoms with E-state index in [0.29, 0.717) is 12.0 Å². The second kappa shape index (κ2) is 7.47. The number of aryl methyl sites for hydroxylation is 1. The maximum Gasteiger partial charge on any atom is 0.319 e. The number of benzene rings is 1. The zero-order chi connectivity index (χ0) is 15.1. The van der Waals surface area contributed by atoms with Crippen LogP contribution in [0.3, 0.4) is 0 Å². The normalized spacial score (nSPS) is 11.8. The molecule has 1 rings (SSSR count). The largest absolute Gasteiger partial charge is 0.481 e. The minimum atomic E-state index is -0.981. The maximum absolute atomic E-state index is 13.6. The van der Waals surface area contributed by atoms with Crippen LogP contribution in [0.4, 0.5) is 14.9 Å². The Labute approximate surface area is 117 Å². The molecule has 20 heavy (non-hydrogen) atoms. The second-order valence-electron chi connectivity index (χ2n) is 4.61. The van der Waals surface area contributed by atoms with Crippen LogP contribution < -0.4 is 10.6 Å². The molecule has 1 unspecified atom stereocenters. The Morgan fingerprint density at radius 2 is 2.10 bits per heavy atom. The smallest absolute Gasteiger partial charge is 0.319 e. The molecule has 1 aromatic carbocycles. The van der Waals surface area contributed by atoms with Gasteiger partial charge in [-0.25, -0.2) is 9.18 Å². The van der Waals surface area contributed by atoms with Crippen molar-refractivity contribution in [1.82, 2.24) is 5.32 Å². The summed E-state index contributed by atoms with van der Waals surface area (Å²) in [7, 11) is 0. The van der Waals surface area contributed by atoms with Gasteiger partial charge in [0.25, 0.3) is 0 Å². The van der Waals surface area contributed by atoms with E-state index in [-0.39, 0.29) is 12.1 Å². The summed E-state index contributed by atoms with van der Waals surface area (Å²) in [5.41, 5.74) is 0.709. The summed E-state index contributed by atoms with van der Waals surface area (Å²) in [5.74, 6) is -1.50. The van der Waals surface area contributed by atoms with Gasteiger partial charge in [0.1, 0.15) is 5.82 Å². The van der Waals surface area contributed by atoms with Crippen molar-refractivity contribution in [1.29, 1.82) is 0 Å². The molecule has 0 heterocycles. The van der Waals surface area contributed by atoms with Crippen LogP contribution >= 0.6 is 0 Å². The highest BCUT2D eigenvalue weighted by molar-refractivity contribution is 5.90. The predicted octanol–water partition coefficient (Wildman–Crippen LogP) is 2.90. The van der Waals surface area contributed by atoms with Crippen LogP contribution in [-0.2, 0) is 4.79 Å². The summed E-state index contributed by atoms with van der Waals surface area (Å²) >= 11 is 0. The van der Waals surface area contributed by atoms with Crippen molar-refractivity contribution in [2.45, 2.75) is 39.2 Å². The first kappa shape index (κ1) is 15.9. The molecule has 6 heteroatoms. The molecule has 5 nitrogen and oxygen atoms in total. The molecule has 0 aromatic heterocycles. The first-order valence-corrected chi connectivity index (χ1v) is 6.48. The van der Waals surface area contributed by atoms with Crippen molar-refractivity contribution in [3.63, 3.8) is 0 Å². The predicted molar refractivity (Wildman–Crippen MR) is 74.2 cm³/mol. The lowest BCUT2D eigenvalue weighted by atomic mass is 10.1. The molecule has 110 valence electrons. The highest BCUT2D eigenvalue weighted by Gasteiger charge is 2.16. The third-order valence-corrected chi connectivity index (χ3v) is 2.85. The Morgan fingerprint density at radius 3 is 2.65 bits per heavy atom. The van der Waals surface area contributed by atoms with Crippen LogP contribution in [0.15, 0.2) is 18.2 Å². The van der Waals surface area contributed by atoms with Crippen LogP contribution in [-0.4, -0.2) is 23.1 Å². The van der Waals surface area contributed by atoms with Gasteiger partial charge in [-0.15, -0.1) is 0 Å². The van der Waals surface area contributed by atoms with Crippen LogP contribution in [0.25, 0.3) is 0 Å². The summed E-state index contributed by atoms with van der Waals surface area (Å²) in [6.45, 7) is 3.58. The molecule has 1 atom stereocenters. The van der Waals surface area contributed by atoms with Gasteiger partial charge in [0.15, 0.2) is 0 Å². The summed E-state index contributed by atoms with van der Waals surface area (Å²) < 4.78 is 13.6. The van der Waals surface area contributed by atoms with Crippen LogP contribution in [0.1, 0.15) is 31.7 Å². The number of carboxylic acid groups (broad SMARTS) is 1. The van der Waals surface area contributed by atoms with Gasteiger partial charge in [-0.2, -0.15) is 0 Å². The van der Waals surface area contributed by atoms with Crippen LogP contribution in [0.5, 0.6) is 0 Å². The molecule has 0 spiro atoms. The molecule has 0 fully saturated rings. The van der Waals surface area contributed by atoms with E-state index in [4.69, 9.17) is 5.11 Å². The van der Waals surface area contributed by atoms with E-state index in [1.807, 2.05) is 6.92 Å². The number of halogens is 1. The van der Waals surface area contributed by atoms with Crippen LogP contribution in [0, 0.1) is 12.7 Å². The Balaban J connectivity index is 2.68. The highest BCUT2D eigenvalue weighted by atomic mass is 19.1. The second-order valence-corrected chi connectivity index (χ2v) is 4.61. The molecular weight excluding hydrogens is 263 g/mol. The van der Waals surface area contributed by atoms with Crippen molar-refractivity contribution in [3.8, 4) is 0 Å². The van der Waals surface area contributed by atoms with Crippen molar-refractivity contribution in [3.05, 3.63) is 29.6 Å². The van der Waals surface area contributed by atoms with Gasteiger partial charge in [0.05, 0.1) is 12.1 Å². The zero-order valence-electron chi connectivity index (χ0n) is 11.6. The molecule has 0 aliphatic carbocycles. The number of carbonyl (C=O) groups excluding carboxylic acids is 1. The van der Waals surface area contributed by atoms with Crippen molar-refractivity contribution in [2.75, 3.05) is 5.32 Å². The first-order valence-electron chi connectivity index (χ1n) is 6.48. The van der Waals surface area contributed by atoms with E-state index < -0.39 is 23.9 Å².